The maximum atomic E-state index is 9.69. The summed E-state index contributed by atoms with van der Waals surface area (Å²) in [5.74, 6) is 0. The van der Waals surface area contributed by atoms with E-state index in [4.69, 9.17) is 0 Å². The molecule has 6 heteroatoms. The smallest absolute Gasteiger partial charge is 0.103 e. The molecule has 0 unspecified atom stereocenters. The maximum Gasteiger partial charge on any atom is 0.103 e. The van der Waals surface area contributed by atoms with Crippen LogP contribution in [0.25, 0.3) is 21.3 Å². The monoisotopic (exact) mass is 455 g/mol. The Hall–Kier alpha value is -3.24. The molecule has 2 heterocycles. The van der Waals surface area contributed by atoms with Gasteiger partial charge in [-0.1, -0.05) is 29.8 Å². The standard InChI is InChI=1S/C27H29N5S/c1-18-5-9-24(19(2)13-18)31-27-21(15-28)16-30-25-14-20(6-8-23(25)27)26-10-7-22(33-26)17-29-11-12-32(3)4/h5-10,13-14,16,29H,11-12,17H2,1-4H3,(H,30,31). The minimum absolute atomic E-state index is 0.539. The molecule has 2 aromatic heterocycles. The van der Waals surface area contributed by atoms with Gasteiger partial charge in [-0.15, -0.1) is 11.3 Å². The molecule has 0 saturated heterocycles. The van der Waals surface area contributed by atoms with Crippen molar-refractivity contribution in [3.05, 3.63) is 76.3 Å². The molecule has 4 rings (SSSR count). The third-order valence-corrected chi connectivity index (χ3v) is 6.75. The number of hydrogen-bond acceptors (Lipinski definition) is 6. The third-order valence-electron chi connectivity index (χ3n) is 5.61. The van der Waals surface area contributed by atoms with Gasteiger partial charge in [-0.3, -0.25) is 4.98 Å². The van der Waals surface area contributed by atoms with Gasteiger partial charge < -0.3 is 15.5 Å². The number of pyridine rings is 1. The van der Waals surface area contributed by atoms with Gasteiger partial charge >= 0.3 is 0 Å². The van der Waals surface area contributed by atoms with Gasteiger partial charge in [-0.2, -0.15) is 5.26 Å². The predicted molar refractivity (Wildman–Crippen MR) is 139 cm³/mol. The summed E-state index contributed by atoms with van der Waals surface area (Å²) in [6, 6.07) is 19.2. The number of benzene rings is 2. The number of likely N-dealkylation sites (N-methyl/N-ethyl adjacent to an activating group) is 1. The first-order valence-corrected chi connectivity index (χ1v) is 11.9. The molecule has 0 radical (unpaired) electrons. The zero-order chi connectivity index (χ0) is 23.4. The van der Waals surface area contributed by atoms with Gasteiger partial charge in [0, 0.05) is 46.7 Å². The molecule has 4 aromatic rings. The van der Waals surface area contributed by atoms with Crippen molar-refractivity contribution in [2.24, 2.45) is 0 Å². The Morgan fingerprint density at radius 1 is 1.06 bits per heavy atom. The average Bonchev–Trinajstić information content (AvgIpc) is 3.27. The quantitative estimate of drug-likeness (QED) is 0.327. The molecule has 0 aliphatic carbocycles. The lowest BCUT2D eigenvalue weighted by molar-refractivity contribution is 0.400. The van der Waals surface area contributed by atoms with E-state index < -0.39 is 0 Å². The third kappa shape index (κ3) is 5.40. The Balaban J connectivity index is 1.61. The molecule has 5 nitrogen and oxygen atoms in total. The summed E-state index contributed by atoms with van der Waals surface area (Å²) in [5.41, 5.74) is 6.71. The van der Waals surface area contributed by atoms with Crippen molar-refractivity contribution in [1.29, 1.82) is 5.26 Å². The summed E-state index contributed by atoms with van der Waals surface area (Å²) < 4.78 is 0. The van der Waals surface area contributed by atoms with Gasteiger partial charge in [0.1, 0.15) is 6.07 Å². The summed E-state index contributed by atoms with van der Waals surface area (Å²) in [7, 11) is 4.17. The molecule has 2 N–H and O–H groups in total. The van der Waals surface area contributed by atoms with Gasteiger partial charge in [0.05, 0.1) is 16.8 Å². The second-order valence-corrected chi connectivity index (χ2v) is 9.75. The van der Waals surface area contributed by atoms with E-state index in [1.54, 1.807) is 17.5 Å². The first kappa shape index (κ1) is 22.9. The topological polar surface area (TPSA) is 64.0 Å². The van der Waals surface area contributed by atoms with Crippen LogP contribution in [0, 0.1) is 25.2 Å². The Morgan fingerprint density at radius 2 is 1.91 bits per heavy atom. The van der Waals surface area contributed by atoms with Crippen LogP contribution in [-0.4, -0.2) is 37.1 Å². The van der Waals surface area contributed by atoms with Gasteiger partial charge in [0.25, 0.3) is 0 Å². The second-order valence-electron chi connectivity index (χ2n) is 8.58. The first-order chi connectivity index (χ1) is 15.9. The number of nitrogens with zero attached hydrogens (tertiary/aromatic N) is 3. The highest BCUT2D eigenvalue weighted by atomic mass is 32.1. The van der Waals surface area contributed by atoms with E-state index in [1.807, 2.05) is 0 Å². The van der Waals surface area contributed by atoms with Gasteiger partial charge in [-0.05, 0) is 63.3 Å². The summed E-state index contributed by atoms with van der Waals surface area (Å²) in [5, 5.41) is 17.6. The minimum Gasteiger partial charge on any atom is -0.354 e. The lowest BCUT2D eigenvalue weighted by Gasteiger charge is -2.14. The van der Waals surface area contributed by atoms with Crippen LogP contribution in [0.2, 0.25) is 0 Å². The number of nitriles is 1. The normalized spacial score (nSPS) is 11.2. The molecule has 0 aliphatic heterocycles. The first-order valence-electron chi connectivity index (χ1n) is 11.1. The Labute approximate surface area is 199 Å². The van der Waals surface area contributed by atoms with Crippen LogP contribution >= 0.6 is 11.3 Å². The van der Waals surface area contributed by atoms with Gasteiger partial charge in [-0.25, -0.2) is 0 Å². The zero-order valence-corrected chi connectivity index (χ0v) is 20.4. The van der Waals surface area contributed by atoms with Crippen molar-refractivity contribution < 1.29 is 0 Å². The highest BCUT2D eigenvalue weighted by molar-refractivity contribution is 7.15. The maximum absolute atomic E-state index is 9.69. The van der Waals surface area contributed by atoms with Crippen LogP contribution in [0.5, 0.6) is 0 Å². The van der Waals surface area contributed by atoms with E-state index in [0.717, 1.165) is 53.0 Å². The van der Waals surface area contributed by atoms with Crippen LogP contribution in [0.3, 0.4) is 0 Å². The van der Waals surface area contributed by atoms with E-state index in [2.05, 4.69) is 103 Å². The molecule has 0 fully saturated rings. The summed E-state index contributed by atoms with van der Waals surface area (Å²) in [6.45, 7) is 7.03. The van der Waals surface area contributed by atoms with Crippen LogP contribution in [0.1, 0.15) is 21.6 Å². The van der Waals surface area contributed by atoms with Crippen LogP contribution in [0.4, 0.5) is 11.4 Å². The number of anilines is 2. The summed E-state index contributed by atoms with van der Waals surface area (Å²) in [6.07, 6.45) is 1.66. The molecular formula is C27H29N5S. The SMILES string of the molecule is Cc1ccc(Nc2c(C#N)cnc3cc(-c4ccc(CNCCN(C)C)s4)ccc23)c(C)c1. The van der Waals surface area contributed by atoms with E-state index in [9.17, 15) is 5.26 Å². The number of hydrogen-bond donors (Lipinski definition) is 2. The zero-order valence-electron chi connectivity index (χ0n) is 19.6. The fraction of sp³-hybridized carbons (Fsp3) is 0.259. The number of fused-ring (bicyclic) bond motifs is 1. The van der Waals surface area contributed by atoms with Crippen LogP contribution in [-0.2, 0) is 6.54 Å². The highest BCUT2D eigenvalue weighted by Crippen LogP contribution is 2.34. The number of aryl methyl sites for hydroxylation is 2. The van der Waals surface area contributed by atoms with Crippen LogP contribution in [0.15, 0.2) is 54.7 Å². The van der Waals surface area contributed by atoms with E-state index >= 15 is 0 Å². The molecule has 0 aliphatic rings. The lowest BCUT2D eigenvalue weighted by atomic mass is 10.0. The number of rotatable bonds is 8. The van der Waals surface area contributed by atoms with Crippen molar-refractivity contribution in [3.8, 4) is 16.5 Å². The summed E-state index contributed by atoms with van der Waals surface area (Å²) >= 11 is 1.80. The molecule has 33 heavy (non-hydrogen) atoms. The Morgan fingerprint density at radius 3 is 2.67 bits per heavy atom. The minimum atomic E-state index is 0.539. The molecule has 0 amide bonds. The van der Waals surface area contributed by atoms with E-state index in [1.165, 1.54) is 15.3 Å². The van der Waals surface area contributed by atoms with Gasteiger partial charge in [0.15, 0.2) is 0 Å². The number of aromatic nitrogens is 1. The van der Waals surface area contributed by atoms with Gasteiger partial charge in [0.2, 0.25) is 0 Å². The van der Waals surface area contributed by atoms with Crippen LogP contribution < -0.4 is 10.6 Å². The van der Waals surface area contributed by atoms with Crippen molar-refractivity contribution in [2.75, 3.05) is 32.5 Å². The molecule has 2 aromatic carbocycles. The van der Waals surface area contributed by atoms with E-state index in [0.29, 0.717) is 5.56 Å². The molecule has 0 bridgehead atoms. The Bertz CT molecular complexity index is 1320. The van der Waals surface area contributed by atoms with Crippen molar-refractivity contribution in [1.82, 2.24) is 15.2 Å². The second kappa shape index (κ2) is 10.1. The van der Waals surface area contributed by atoms with Crippen molar-refractivity contribution >= 4 is 33.6 Å². The molecule has 0 atom stereocenters. The molecule has 168 valence electrons. The Kier molecular flexibility index (Phi) is 7.05. The highest BCUT2D eigenvalue weighted by Gasteiger charge is 2.12. The van der Waals surface area contributed by atoms with E-state index in [-0.39, 0.29) is 0 Å². The largest absolute Gasteiger partial charge is 0.354 e. The molecular weight excluding hydrogens is 426 g/mol. The van der Waals surface area contributed by atoms with Crippen molar-refractivity contribution in [2.45, 2.75) is 20.4 Å². The fourth-order valence-electron chi connectivity index (χ4n) is 3.80. The molecule has 0 spiro atoms. The predicted octanol–water partition coefficient (Wildman–Crippen LogP) is 5.85. The fourth-order valence-corrected chi connectivity index (χ4v) is 4.77. The average molecular weight is 456 g/mol. The summed E-state index contributed by atoms with van der Waals surface area (Å²) in [4.78, 5) is 9.30. The number of nitrogens with one attached hydrogen (secondary N) is 2. The lowest BCUT2D eigenvalue weighted by Crippen LogP contribution is -2.25. The van der Waals surface area contributed by atoms with Crippen molar-refractivity contribution in [3.63, 3.8) is 0 Å². The molecule has 0 saturated carbocycles. The number of thiophene rings is 1.